The SMILES string of the molecule is CC1(C)CBCC(O)OC1. The first-order chi connectivity index (χ1) is 4.60. The van der Waals surface area contributed by atoms with Crippen LogP contribution in [-0.4, -0.2) is 25.3 Å². The third-order valence-corrected chi connectivity index (χ3v) is 1.97. The first-order valence-electron chi connectivity index (χ1n) is 3.90. The Balaban J connectivity index is 2.41. The van der Waals surface area contributed by atoms with Gasteiger partial charge in [-0.15, -0.1) is 0 Å². The quantitative estimate of drug-likeness (QED) is 0.502. The molecule has 0 aliphatic carbocycles. The van der Waals surface area contributed by atoms with Crippen LogP contribution in [0.5, 0.6) is 0 Å². The summed E-state index contributed by atoms with van der Waals surface area (Å²) in [6.07, 6.45) is 1.44. The van der Waals surface area contributed by atoms with Crippen molar-refractivity contribution in [2.75, 3.05) is 6.61 Å². The maximum atomic E-state index is 9.10. The Hall–Kier alpha value is -0.0151. The van der Waals surface area contributed by atoms with Crippen LogP contribution in [0, 0.1) is 5.41 Å². The Kier molecular flexibility index (Phi) is 2.37. The van der Waals surface area contributed by atoms with Gasteiger partial charge in [0.05, 0.1) is 6.61 Å². The minimum absolute atomic E-state index is 0.261. The van der Waals surface area contributed by atoms with Crippen molar-refractivity contribution in [3.8, 4) is 0 Å². The van der Waals surface area contributed by atoms with Gasteiger partial charge in [-0.2, -0.15) is 0 Å². The Morgan fingerprint density at radius 2 is 2.30 bits per heavy atom. The molecule has 1 saturated heterocycles. The molecule has 1 fully saturated rings. The predicted molar refractivity (Wildman–Crippen MR) is 42.5 cm³/mol. The molecule has 1 aliphatic heterocycles. The van der Waals surface area contributed by atoms with E-state index in [1.807, 2.05) is 0 Å². The van der Waals surface area contributed by atoms with Gasteiger partial charge in [-0.05, 0) is 11.7 Å². The van der Waals surface area contributed by atoms with Crippen LogP contribution in [0.25, 0.3) is 0 Å². The van der Waals surface area contributed by atoms with E-state index in [2.05, 4.69) is 13.8 Å². The number of hydrogen-bond donors (Lipinski definition) is 1. The molecule has 1 N–H and O–H groups in total. The van der Waals surface area contributed by atoms with Crippen molar-refractivity contribution < 1.29 is 9.84 Å². The summed E-state index contributed by atoms with van der Waals surface area (Å²) in [6.45, 7) is 5.03. The maximum absolute atomic E-state index is 9.10. The van der Waals surface area contributed by atoms with Crippen molar-refractivity contribution in [1.82, 2.24) is 0 Å². The average Bonchev–Trinajstić information content (AvgIpc) is 1.94. The first-order valence-corrected chi connectivity index (χ1v) is 3.90. The second kappa shape index (κ2) is 2.93. The van der Waals surface area contributed by atoms with Gasteiger partial charge in [0.2, 0.25) is 0 Å². The topological polar surface area (TPSA) is 29.5 Å². The largest absolute Gasteiger partial charge is 0.369 e. The van der Waals surface area contributed by atoms with Gasteiger partial charge in [0.25, 0.3) is 0 Å². The fraction of sp³-hybridized carbons (Fsp3) is 1.00. The standard InChI is InChI=1S/C7H15BO2/c1-7(2)4-8-3-6(9)10-5-7/h6,8-9H,3-5H2,1-2H3. The van der Waals surface area contributed by atoms with Gasteiger partial charge in [-0.25, -0.2) is 0 Å². The van der Waals surface area contributed by atoms with Gasteiger partial charge in [-0.1, -0.05) is 20.2 Å². The van der Waals surface area contributed by atoms with E-state index in [0.717, 1.165) is 19.9 Å². The van der Waals surface area contributed by atoms with E-state index in [-0.39, 0.29) is 5.41 Å². The minimum atomic E-state index is -0.512. The minimum Gasteiger partial charge on any atom is -0.369 e. The van der Waals surface area contributed by atoms with Gasteiger partial charge in [0, 0.05) is 0 Å². The monoisotopic (exact) mass is 142 g/mol. The van der Waals surface area contributed by atoms with Gasteiger partial charge < -0.3 is 9.84 Å². The molecule has 0 amide bonds. The predicted octanol–water partition coefficient (Wildman–Crippen LogP) is 0.634. The summed E-state index contributed by atoms with van der Waals surface area (Å²) in [5.74, 6) is 0. The summed E-state index contributed by atoms with van der Waals surface area (Å²) in [4.78, 5) is 0. The highest BCUT2D eigenvalue weighted by molar-refractivity contribution is 6.35. The summed E-state index contributed by atoms with van der Waals surface area (Å²) >= 11 is 0. The van der Waals surface area contributed by atoms with Crippen molar-refractivity contribution >= 4 is 7.28 Å². The van der Waals surface area contributed by atoms with Crippen LogP contribution in [0.2, 0.25) is 12.6 Å². The fourth-order valence-corrected chi connectivity index (χ4v) is 1.23. The van der Waals surface area contributed by atoms with Crippen molar-refractivity contribution in [2.24, 2.45) is 5.41 Å². The zero-order chi connectivity index (χ0) is 7.61. The molecule has 0 aromatic rings. The highest BCUT2D eigenvalue weighted by Gasteiger charge is 2.24. The molecule has 1 aliphatic rings. The number of ether oxygens (including phenoxy) is 1. The summed E-state index contributed by atoms with van der Waals surface area (Å²) in [5.41, 5.74) is 0.261. The van der Waals surface area contributed by atoms with Crippen LogP contribution in [-0.2, 0) is 4.74 Å². The van der Waals surface area contributed by atoms with Crippen LogP contribution >= 0.6 is 0 Å². The summed E-state index contributed by atoms with van der Waals surface area (Å²) in [5, 5.41) is 9.10. The zero-order valence-electron chi connectivity index (χ0n) is 6.76. The molecule has 1 atom stereocenters. The third kappa shape index (κ3) is 2.31. The Bertz CT molecular complexity index is 114. The summed E-state index contributed by atoms with van der Waals surface area (Å²) in [6, 6.07) is 0. The molecule has 0 bridgehead atoms. The van der Waals surface area contributed by atoms with E-state index in [1.165, 1.54) is 0 Å². The Morgan fingerprint density at radius 3 is 3.00 bits per heavy atom. The molecule has 58 valence electrons. The summed E-state index contributed by atoms with van der Waals surface area (Å²) < 4.78 is 5.17. The second-order valence-electron chi connectivity index (χ2n) is 3.82. The lowest BCUT2D eigenvalue weighted by Crippen LogP contribution is -2.19. The molecular weight excluding hydrogens is 127 g/mol. The molecule has 2 nitrogen and oxygen atoms in total. The van der Waals surface area contributed by atoms with Crippen molar-refractivity contribution in [3.05, 3.63) is 0 Å². The first kappa shape index (κ1) is 8.09. The fourth-order valence-electron chi connectivity index (χ4n) is 1.23. The number of aliphatic hydroxyl groups is 1. The summed E-state index contributed by atoms with van der Waals surface area (Å²) in [7, 11) is 1.08. The lowest BCUT2D eigenvalue weighted by Gasteiger charge is -2.21. The second-order valence-corrected chi connectivity index (χ2v) is 3.82. The van der Waals surface area contributed by atoms with E-state index in [9.17, 15) is 0 Å². The molecule has 10 heavy (non-hydrogen) atoms. The van der Waals surface area contributed by atoms with Gasteiger partial charge in [0.15, 0.2) is 0 Å². The van der Waals surface area contributed by atoms with E-state index < -0.39 is 6.29 Å². The highest BCUT2D eigenvalue weighted by atomic mass is 16.6. The van der Waals surface area contributed by atoms with Crippen molar-refractivity contribution in [1.29, 1.82) is 0 Å². The molecule has 0 saturated carbocycles. The van der Waals surface area contributed by atoms with Crippen LogP contribution < -0.4 is 0 Å². The molecule has 0 aromatic carbocycles. The molecule has 1 heterocycles. The lowest BCUT2D eigenvalue weighted by atomic mass is 9.63. The van der Waals surface area contributed by atoms with Gasteiger partial charge in [0.1, 0.15) is 13.6 Å². The van der Waals surface area contributed by atoms with Crippen LogP contribution in [0.1, 0.15) is 13.8 Å². The van der Waals surface area contributed by atoms with Crippen LogP contribution in [0.15, 0.2) is 0 Å². The van der Waals surface area contributed by atoms with E-state index in [4.69, 9.17) is 9.84 Å². The highest BCUT2D eigenvalue weighted by Crippen LogP contribution is 2.25. The van der Waals surface area contributed by atoms with Crippen molar-refractivity contribution in [2.45, 2.75) is 32.8 Å². The van der Waals surface area contributed by atoms with Crippen molar-refractivity contribution in [3.63, 3.8) is 0 Å². The Morgan fingerprint density at radius 1 is 1.60 bits per heavy atom. The Labute approximate surface area is 62.8 Å². The number of aliphatic hydroxyl groups excluding tert-OH is 1. The zero-order valence-corrected chi connectivity index (χ0v) is 6.76. The molecule has 0 aromatic heterocycles. The molecule has 1 unspecified atom stereocenters. The van der Waals surface area contributed by atoms with Gasteiger partial charge in [-0.3, -0.25) is 0 Å². The number of rotatable bonds is 0. The third-order valence-electron chi connectivity index (χ3n) is 1.97. The van der Waals surface area contributed by atoms with E-state index >= 15 is 0 Å². The smallest absolute Gasteiger partial charge is 0.147 e. The molecule has 0 radical (unpaired) electrons. The molecule has 0 spiro atoms. The molecule has 3 heteroatoms. The normalized spacial score (nSPS) is 32.5. The molecular formula is C7H15BO2. The van der Waals surface area contributed by atoms with Crippen LogP contribution in [0.4, 0.5) is 0 Å². The van der Waals surface area contributed by atoms with E-state index in [1.54, 1.807) is 0 Å². The molecule has 1 rings (SSSR count). The van der Waals surface area contributed by atoms with Gasteiger partial charge >= 0.3 is 0 Å². The lowest BCUT2D eigenvalue weighted by molar-refractivity contribution is -0.101. The maximum Gasteiger partial charge on any atom is 0.147 e. The van der Waals surface area contributed by atoms with E-state index in [0.29, 0.717) is 6.61 Å². The number of hydrogen-bond acceptors (Lipinski definition) is 2. The van der Waals surface area contributed by atoms with Crippen LogP contribution in [0.3, 0.4) is 0 Å². The average molecular weight is 142 g/mol.